The summed E-state index contributed by atoms with van der Waals surface area (Å²) in [5, 5.41) is 0. The molecule has 3 rings (SSSR count). The van der Waals surface area contributed by atoms with Crippen LogP contribution in [-0.4, -0.2) is 33.5 Å². The maximum Gasteiger partial charge on any atom is 0.339 e. The van der Waals surface area contributed by atoms with Crippen molar-refractivity contribution in [2.24, 2.45) is 5.73 Å². The van der Waals surface area contributed by atoms with Crippen LogP contribution in [0.5, 0.6) is 5.75 Å². The lowest BCUT2D eigenvalue weighted by molar-refractivity contribution is -0.153. The van der Waals surface area contributed by atoms with E-state index in [1.54, 1.807) is 36.4 Å². The molecule has 0 saturated carbocycles. The molecule has 0 aromatic heterocycles. The number of carbonyl (C=O) groups excluding carboxylic acids is 2. The molecule has 2 unspecified atom stereocenters. The highest BCUT2D eigenvalue weighted by Crippen LogP contribution is 2.27. The van der Waals surface area contributed by atoms with Crippen LogP contribution in [-0.2, 0) is 35.8 Å². The van der Waals surface area contributed by atoms with Crippen LogP contribution in [0.15, 0.2) is 83.8 Å². The van der Waals surface area contributed by atoms with Crippen molar-refractivity contribution in [1.82, 2.24) is 0 Å². The van der Waals surface area contributed by atoms with Crippen molar-refractivity contribution in [3.63, 3.8) is 0 Å². The van der Waals surface area contributed by atoms with Crippen LogP contribution in [0, 0.1) is 6.92 Å². The molecule has 0 heterocycles. The summed E-state index contributed by atoms with van der Waals surface area (Å²) >= 11 is 0. The lowest BCUT2D eigenvalue weighted by Crippen LogP contribution is -2.42. The molecule has 2 atom stereocenters. The highest BCUT2D eigenvalue weighted by Gasteiger charge is 2.35. The number of nitrogens with two attached hydrogens (primary N) is 1. The van der Waals surface area contributed by atoms with Gasteiger partial charge in [0.15, 0.2) is 0 Å². The molecule has 0 aliphatic heterocycles. The van der Waals surface area contributed by atoms with Crippen molar-refractivity contribution in [3.05, 3.63) is 95.6 Å². The van der Waals surface area contributed by atoms with Gasteiger partial charge in [0.25, 0.3) is 0 Å². The normalized spacial score (nSPS) is 12.9. The number of hydrogen-bond acceptors (Lipinski definition) is 8. The van der Waals surface area contributed by atoms with Gasteiger partial charge in [-0.1, -0.05) is 60.2 Å². The number of aryl methyl sites for hydroxylation is 1. The minimum Gasteiger partial charge on any atom is -0.468 e. The molecule has 3 aromatic rings. The minimum absolute atomic E-state index is 0.0147. The SMILES string of the molecule is COC(=O)C(c1cccc(OS(=O)(=O)c2ccc(C)cc2)c1)C(N)C(=O)OCc1ccccc1. The van der Waals surface area contributed by atoms with Gasteiger partial charge in [-0.25, -0.2) is 0 Å². The lowest BCUT2D eigenvalue weighted by Gasteiger charge is -2.21. The van der Waals surface area contributed by atoms with E-state index in [0.717, 1.165) is 11.1 Å². The van der Waals surface area contributed by atoms with E-state index in [-0.39, 0.29) is 22.8 Å². The molecule has 34 heavy (non-hydrogen) atoms. The lowest BCUT2D eigenvalue weighted by atomic mass is 9.91. The van der Waals surface area contributed by atoms with Crippen molar-refractivity contribution in [2.45, 2.75) is 30.4 Å². The topological polar surface area (TPSA) is 122 Å². The monoisotopic (exact) mass is 483 g/mol. The number of hydrogen-bond donors (Lipinski definition) is 1. The number of carbonyl (C=O) groups is 2. The Balaban J connectivity index is 1.81. The second-order valence-electron chi connectivity index (χ2n) is 7.54. The number of esters is 2. The minimum atomic E-state index is -4.11. The zero-order valence-corrected chi connectivity index (χ0v) is 19.5. The Hall–Kier alpha value is -3.69. The van der Waals surface area contributed by atoms with Crippen LogP contribution in [0.4, 0.5) is 0 Å². The standard InChI is InChI=1S/C25H25NO7S/c1-17-11-13-21(14-12-17)34(29,30)33-20-10-6-9-19(15-20)22(24(27)31-2)23(26)25(28)32-16-18-7-4-3-5-8-18/h3-15,22-23H,16,26H2,1-2H3. The van der Waals surface area contributed by atoms with Crippen LogP contribution < -0.4 is 9.92 Å². The summed E-state index contributed by atoms with van der Waals surface area (Å²) in [6.07, 6.45) is 0. The van der Waals surface area contributed by atoms with Gasteiger partial charge >= 0.3 is 22.1 Å². The number of rotatable bonds is 9. The number of ether oxygens (including phenoxy) is 2. The Labute approximate surface area is 198 Å². The Kier molecular flexibility index (Phi) is 8.04. The van der Waals surface area contributed by atoms with E-state index >= 15 is 0 Å². The highest BCUT2D eigenvalue weighted by molar-refractivity contribution is 7.87. The maximum atomic E-state index is 12.6. The van der Waals surface area contributed by atoms with E-state index in [4.69, 9.17) is 19.4 Å². The maximum absolute atomic E-state index is 12.6. The summed E-state index contributed by atoms with van der Waals surface area (Å²) in [5.74, 6) is -2.86. The largest absolute Gasteiger partial charge is 0.468 e. The number of benzene rings is 3. The smallest absolute Gasteiger partial charge is 0.339 e. The molecule has 0 spiro atoms. The average Bonchev–Trinajstić information content (AvgIpc) is 2.83. The zero-order valence-electron chi connectivity index (χ0n) is 18.7. The van der Waals surface area contributed by atoms with Gasteiger partial charge < -0.3 is 19.4 Å². The van der Waals surface area contributed by atoms with Crippen LogP contribution >= 0.6 is 0 Å². The zero-order chi connectivity index (χ0) is 24.7. The van der Waals surface area contributed by atoms with Gasteiger partial charge in [0.05, 0.1) is 7.11 Å². The molecule has 178 valence electrons. The first-order valence-corrected chi connectivity index (χ1v) is 11.8. The molecule has 0 amide bonds. The van der Waals surface area contributed by atoms with Crippen molar-refractivity contribution in [1.29, 1.82) is 0 Å². The van der Waals surface area contributed by atoms with Gasteiger partial charge in [-0.15, -0.1) is 0 Å². The molecule has 0 aliphatic carbocycles. The third-order valence-corrected chi connectivity index (χ3v) is 6.30. The molecule has 3 aromatic carbocycles. The fourth-order valence-corrected chi connectivity index (χ4v) is 4.14. The third-order valence-electron chi connectivity index (χ3n) is 5.04. The Bertz CT molecular complexity index is 1240. The third kappa shape index (κ3) is 6.21. The first-order valence-electron chi connectivity index (χ1n) is 10.4. The molecule has 0 bridgehead atoms. The molecular formula is C25H25NO7S. The van der Waals surface area contributed by atoms with Crippen molar-refractivity contribution in [2.75, 3.05) is 7.11 Å². The van der Waals surface area contributed by atoms with Gasteiger partial charge in [-0.05, 0) is 42.3 Å². The predicted octanol–water partition coefficient (Wildman–Crippen LogP) is 3.09. The summed E-state index contributed by atoms with van der Waals surface area (Å²) < 4.78 is 40.6. The van der Waals surface area contributed by atoms with Crippen LogP contribution in [0.25, 0.3) is 0 Å². The molecule has 0 saturated heterocycles. The molecular weight excluding hydrogens is 458 g/mol. The fourth-order valence-electron chi connectivity index (χ4n) is 3.22. The first kappa shape index (κ1) is 24.9. The van der Waals surface area contributed by atoms with E-state index in [2.05, 4.69) is 0 Å². The molecule has 8 nitrogen and oxygen atoms in total. The second kappa shape index (κ2) is 11.0. The van der Waals surface area contributed by atoms with Crippen molar-refractivity contribution >= 4 is 22.1 Å². The summed E-state index contributed by atoms with van der Waals surface area (Å²) in [6.45, 7) is 1.82. The van der Waals surface area contributed by atoms with Crippen molar-refractivity contribution < 1.29 is 31.7 Å². The second-order valence-corrected chi connectivity index (χ2v) is 9.09. The summed E-state index contributed by atoms with van der Waals surface area (Å²) in [5.41, 5.74) is 7.98. The fraction of sp³-hybridized carbons (Fsp3) is 0.200. The molecule has 2 N–H and O–H groups in total. The number of methoxy groups -OCH3 is 1. The Morgan fingerprint density at radius 2 is 1.59 bits per heavy atom. The first-order chi connectivity index (χ1) is 16.2. The molecule has 0 fully saturated rings. The van der Waals surface area contributed by atoms with E-state index < -0.39 is 34.0 Å². The summed E-state index contributed by atoms with van der Waals surface area (Å²) in [7, 11) is -2.95. The summed E-state index contributed by atoms with van der Waals surface area (Å²) in [6, 6.07) is 19.6. The van der Waals surface area contributed by atoms with Gasteiger partial charge in [-0.3, -0.25) is 9.59 Å². The van der Waals surface area contributed by atoms with E-state index in [9.17, 15) is 18.0 Å². The predicted molar refractivity (Wildman–Crippen MR) is 124 cm³/mol. The van der Waals surface area contributed by atoms with Crippen LogP contribution in [0.1, 0.15) is 22.6 Å². The van der Waals surface area contributed by atoms with E-state index in [1.807, 2.05) is 13.0 Å². The van der Waals surface area contributed by atoms with Gasteiger partial charge in [0.1, 0.15) is 29.2 Å². The molecule has 0 radical (unpaired) electrons. The molecule has 9 heteroatoms. The average molecular weight is 484 g/mol. The van der Waals surface area contributed by atoms with E-state index in [1.165, 1.54) is 43.5 Å². The van der Waals surface area contributed by atoms with Crippen molar-refractivity contribution in [3.8, 4) is 5.75 Å². The van der Waals surface area contributed by atoms with Crippen LogP contribution in [0.2, 0.25) is 0 Å². The van der Waals surface area contributed by atoms with Gasteiger partial charge in [-0.2, -0.15) is 8.42 Å². The highest BCUT2D eigenvalue weighted by atomic mass is 32.2. The van der Waals surface area contributed by atoms with Crippen LogP contribution in [0.3, 0.4) is 0 Å². The molecule has 0 aliphatic rings. The Morgan fingerprint density at radius 3 is 2.24 bits per heavy atom. The van der Waals surface area contributed by atoms with Gasteiger partial charge in [0, 0.05) is 0 Å². The summed E-state index contributed by atoms with van der Waals surface area (Å²) in [4.78, 5) is 25.1. The Morgan fingerprint density at radius 1 is 0.912 bits per heavy atom. The van der Waals surface area contributed by atoms with E-state index in [0.29, 0.717) is 0 Å². The quantitative estimate of drug-likeness (QED) is 0.364. The van der Waals surface area contributed by atoms with Gasteiger partial charge in [0.2, 0.25) is 0 Å².